The molecule has 4 N–H and O–H groups in total. The van der Waals surface area contributed by atoms with Gasteiger partial charge in [0.25, 0.3) is 10.0 Å². The normalized spacial score (nSPS) is 15.9. The summed E-state index contributed by atoms with van der Waals surface area (Å²) in [4.78, 5) is 12.2. The second-order valence-corrected chi connectivity index (χ2v) is 10.3. The molecule has 0 saturated heterocycles. The number of benzene rings is 2. The number of hydrogen-bond acceptors (Lipinski definition) is 5. The third-order valence-electron chi connectivity index (χ3n) is 5.77. The summed E-state index contributed by atoms with van der Waals surface area (Å²) in [6.07, 6.45) is 3.54. The van der Waals surface area contributed by atoms with Crippen molar-refractivity contribution in [1.29, 1.82) is 0 Å². The lowest BCUT2D eigenvalue weighted by molar-refractivity contribution is 0.0696. The molecule has 0 fully saturated rings. The summed E-state index contributed by atoms with van der Waals surface area (Å²) in [5.74, 6) is -1.04. The maximum Gasteiger partial charge on any atom is 0.338 e. The first-order valence-electron chi connectivity index (χ1n) is 11.2. The van der Waals surface area contributed by atoms with Crippen molar-refractivity contribution < 1.29 is 18.3 Å². The fourth-order valence-electron chi connectivity index (χ4n) is 4.25. The second kappa shape index (κ2) is 10.4. The Labute approximate surface area is 190 Å². The average Bonchev–Trinajstić information content (AvgIpc) is 2.73. The Balaban J connectivity index is 1.86. The van der Waals surface area contributed by atoms with Gasteiger partial charge < -0.3 is 15.7 Å². The van der Waals surface area contributed by atoms with Crippen LogP contribution < -0.4 is 15.4 Å². The summed E-state index contributed by atoms with van der Waals surface area (Å²) in [7, 11) is -3.99. The number of aryl methyl sites for hydroxylation is 1. The van der Waals surface area contributed by atoms with Crippen LogP contribution in [0.15, 0.2) is 41.3 Å². The number of sulfonamides is 1. The van der Waals surface area contributed by atoms with Crippen molar-refractivity contribution in [3.05, 3.63) is 53.1 Å². The lowest BCUT2D eigenvalue weighted by Crippen LogP contribution is -2.25. The predicted octanol–water partition coefficient (Wildman–Crippen LogP) is 4.43. The highest BCUT2D eigenvalue weighted by atomic mass is 32.2. The highest BCUT2D eigenvalue weighted by molar-refractivity contribution is 7.92. The van der Waals surface area contributed by atoms with Crippen LogP contribution in [0.25, 0.3) is 0 Å². The smallest absolute Gasteiger partial charge is 0.338 e. The van der Waals surface area contributed by atoms with Gasteiger partial charge in [0.05, 0.1) is 16.9 Å². The van der Waals surface area contributed by atoms with E-state index in [0.29, 0.717) is 18.3 Å². The summed E-state index contributed by atoms with van der Waals surface area (Å²) in [5.41, 5.74) is 2.39. The lowest BCUT2D eigenvalue weighted by atomic mass is 9.80. The molecule has 1 atom stereocenters. The minimum Gasteiger partial charge on any atom is -0.478 e. The molecule has 1 unspecified atom stereocenters. The van der Waals surface area contributed by atoms with Crippen LogP contribution >= 0.6 is 0 Å². The van der Waals surface area contributed by atoms with E-state index in [-0.39, 0.29) is 22.1 Å². The molecule has 32 heavy (non-hydrogen) atoms. The van der Waals surface area contributed by atoms with E-state index in [1.165, 1.54) is 6.07 Å². The largest absolute Gasteiger partial charge is 0.478 e. The van der Waals surface area contributed by atoms with Crippen molar-refractivity contribution >= 4 is 27.4 Å². The number of hydrogen-bond donors (Lipinski definition) is 4. The fraction of sp³-hybridized carbons (Fsp3) is 0.458. The van der Waals surface area contributed by atoms with Crippen molar-refractivity contribution in [1.82, 2.24) is 5.32 Å². The molecule has 8 heteroatoms. The molecule has 0 heterocycles. The number of aromatic carboxylic acids is 1. The average molecular weight is 460 g/mol. The Kier molecular flexibility index (Phi) is 7.79. The summed E-state index contributed by atoms with van der Waals surface area (Å²) in [6.45, 7) is 7.59. The van der Waals surface area contributed by atoms with Crippen LogP contribution in [0.5, 0.6) is 0 Å². The van der Waals surface area contributed by atoms with Crippen LogP contribution in [0, 0.1) is 0 Å². The third-order valence-corrected chi connectivity index (χ3v) is 7.19. The molecule has 1 aliphatic rings. The van der Waals surface area contributed by atoms with Gasteiger partial charge in [-0.1, -0.05) is 39.0 Å². The van der Waals surface area contributed by atoms with Crippen LogP contribution in [0.2, 0.25) is 0 Å². The fourth-order valence-corrected chi connectivity index (χ4v) is 5.51. The van der Waals surface area contributed by atoms with E-state index in [1.807, 2.05) is 13.0 Å². The van der Waals surface area contributed by atoms with Crippen molar-refractivity contribution in [2.45, 2.75) is 63.3 Å². The summed E-state index contributed by atoms with van der Waals surface area (Å²) >= 11 is 0. The summed E-state index contributed by atoms with van der Waals surface area (Å²) < 4.78 is 29.1. The number of carboxylic acid groups (broad SMARTS) is 1. The lowest BCUT2D eigenvalue weighted by Gasteiger charge is -2.26. The molecule has 3 rings (SSSR count). The van der Waals surface area contributed by atoms with E-state index < -0.39 is 16.0 Å². The molecule has 0 bridgehead atoms. The van der Waals surface area contributed by atoms with Gasteiger partial charge in [-0.25, -0.2) is 13.2 Å². The zero-order valence-electron chi connectivity index (χ0n) is 18.9. The van der Waals surface area contributed by atoms with Gasteiger partial charge in [0, 0.05) is 12.6 Å². The van der Waals surface area contributed by atoms with Crippen LogP contribution in [-0.2, 0) is 16.4 Å². The van der Waals surface area contributed by atoms with Gasteiger partial charge in [-0.2, -0.15) is 0 Å². The van der Waals surface area contributed by atoms with E-state index in [2.05, 4.69) is 29.2 Å². The van der Waals surface area contributed by atoms with E-state index in [4.69, 9.17) is 0 Å². The molecule has 0 amide bonds. The van der Waals surface area contributed by atoms with Gasteiger partial charge in [-0.3, -0.25) is 4.72 Å². The maximum atomic E-state index is 13.3. The number of nitrogens with one attached hydrogen (secondary N) is 3. The van der Waals surface area contributed by atoms with Gasteiger partial charge in [0.2, 0.25) is 0 Å². The molecule has 174 valence electrons. The molecule has 0 saturated carbocycles. The standard InChI is InChI=1S/C24H33N3O4S/c1-16(2)25-14-7-15-26-19-10-4-5-11-21(19)32(30,31)27-20-13-12-18-9-6-8-17(3)22(18)23(20)24(28)29/h4-5,10-13,16-17,25-27H,6-9,14-15H2,1-3H3,(H,28,29). The van der Waals surface area contributed by atoms with Crippen molar-refractivity contribution in [2.75, 3.05) is 23.1 Å². The van der Waals surface area contributed by atoms with E-state index in [0.717, 1.165) is 43.4 Å². The molecular formula is C24H33N3O4S. The first kappa shape index (κ1) is 24.1. The minimum atomic E-state index is -3.99. The van der Waals surface area contributed by atoms with Crippen LogP contribution in [-0.4, -0.2) is 38.6 Å². The predicted molar refractivity (Wildman–Crippen MR) is 128 cm³/mol. The quantitative estimate of drug-likeness (QED) is 0.392. The van der Waals surface area contributed by atoms with Gasteiger partial charge in [-0.05, 0) is 67.5 Å². The van der Waals surface area contributed by atoms with Crippen LogP contribution in [0.1, 0.15) is 67.4 Å². The SMILES string of the molecule is CC(C)NCCCNc1ccccc1S(=O)(=O)Nc1ccc2c(c1C(=O)O)C(C)CCC2. The van der Waals surface area contributed by atoms with Gasteiger partial charge in [0.1, 0.15) is 4.90 Å². The van der Waals surface area contributed by atoms with Gasteiger partial charge >= 0.3 is 5.97 Å². The number of para-hydroxylation sites is 1. The van der Waals surface area contributed by atoms with Crippen molar-refractivity contribution in [2.24, 2.45) is 0 Å². The second-order valence-electron chi connectivity index (χ2n) is 8.65. The molecule has 0 radical (unpaired) electrons. The van der Waals surface area contributed by atoms with E-state index in [1.54, 1.807) is 24.3 Å². The van der Waals surface area contributed by atoms with Crippen LogP contribution in [0.4, 0.5) is 11.4 Å². The number of carbonyl (C=O) groups is 1. The first-order chi connectivity index (χ1) is 15.2. The van der Waals surface area contributed by atoms with E-state index in [9.17, 15) is 18.3 Å². The molecule has 1 aliphatic carbocycles. The molecule has 2 aromatic carbocycles. The molecular weight excluding hydrogens is 426 g/mol. The highest BCUT2D eigenvalue weighted by Crippen LogP contribution is 2.38. The summed E-state index contributed by atoms with van der Waals surface area (Å²) in [6, 6.07) is 10.5. The van der Waals surface area contributed by atoms with Crippen molar-refractivity contribution in [3.63, 3.8) is 0 Å². The number of carboxylic acids is 1. The zero-order chi connectivity index (χ0) is 23.3. The Bertz CT molecular complexity index is 1070. The number of rotatable bonds is 10. The Morgan fingerprint density at radius 3 is 2.59 bits per heavy atom. The van der Waals surface area contributed by atoms with Crippen LogP contribution in [0.3, 0.4) is 0 Å². The summed E-state index contributed by atoms with van der Waals surface area (Å²) in [5, 5.41) is 16.4. The zero-order valence-corrected chi connectivity index (χ0v) is 19.8. The molecule has 2 aromatic rings. The molecule has 0 spiro atoms. The first-order valence-corrected chi connectivity index (χ1v) is 12.7. The third kappa shape index (κ3) is 5.61. The minimum absolute atomic E-state index is 0.0588. The Hall–Kier alpha value is -2.58. The van der Waals surface area contributed by atoms with Crippen molar-refractivity contribution in [3.8, 4) is 0 Å². The number of fused-ring (bicyclic) bond motifs is 1. The van der Waals surface area contributed by atoms with Gasteiger partial charge in [-0.15, -0.1) is 0 Å². The van der Waals surface area contributed by atoms with E-state index >= 15 is 0 Å². The van der Waals surface area contributed by atoms with Gasteiger partial charge in [0.15, 0.2) is 0 Å². The topological polar surface area (TPSA) is 108 Å². The maximum absolute atomic E-state index is 13.3. The number of anilines is 2. The monoisotopic (exact) mass is 459 g/mol. The Morgan fingerprint density at radius 2 is 1.88 bits per heavy atom. The highest BCUT2D eigenvalue weighted by Gasteiger charge is 2.28. The molecule has 0 aromatic heterocycles. The Morgan fingerprint density at radius 1 is 1.12 bits per heavy atom. The molecule has 0 aliphatic heterocycles. The molecule has 7 nitrogen and oxygen atoms in total.